The summed E-state index contributed by atoms with van der Waals surface area (Å²) in [6.45, 7) is -0.359. The van der Waals surface area contributed by atoms with E-state index in [0.29, 0.717) is 0 Å². The summed E-state index contributed by atoms with van der Waals surface area (Å²) in [5.74, 6) is -0.748. The quantitative estimate of drug-likeness (QED) is 0.315. The monoisotopic (exact) mass is 153 g/mol. The van der Waals surface area contributed by atoms with Crippen molar-refractivity contribution in [1.82, 2.24) is 0 Å². The molecule has 6 heteroatoms. The number of rotatable bonds is 3. The first kappa shape index (κ1) is 8.26. The van der Waals surface area contributed by atoms with Crippen LogP contribution in [0.4, 0.5) is 3.89 Å². The minimum absolute atomic E-state index is 0.359. The first-order chi connectivity index (χ1) is 4.06. The van der Waals surface area contributed by atoms with Crippen LogP contribution >= 0.6 is 0 Å². The highest BCUT2D eigenvalue weighted by molar-refractivity contribution is 7.86. The Kier molecular flexibility index (Phi) is 3.05. The molecule has 0 radical (unpaired) electrons. The molecule has 0 unspecified atom stereocenters. The van der Waals surface area contributed by atoms with Crippen LogP contribution < -0.4 is 0 Å². The SMILES string of the molecule is O=C=NCCS(=O)(=O)F. The number of halogens is 1. The summed E-state index contributed by atoms with van der Waals surface area (Å²) in [5, 5.41) is 0. The van der Waals surface area contributed by atoms with E-state index in [1.54, 1.807) is 0 Å². The Balaban J connectivity index is 3.66. The van der Waals surface area contributed by atoms with E-state index in [9.17, 15) is 17.1 Å². The van der Waals surface area contributed by atoms with Gasteiger partial charge in [0.05, 0.1) is 6.54 Å². The lowest BCUT2D eigenvalue weighted by molar-refractivity contribution is 0.551. The molecule has 0 aliphatic carbocycles. The van der Waals surface area contributed by atoms with Crippen LogP contribution in [0.15, 0.2) is 4.99 Å². The largest absolute Gasteiger partial charge is 0.304 e. The Morgan fingerprint density at radius 3 is 2.44 bits per heavy atom. The minimum Gasteiger partial charge on any atom is -0.211 e. The number of carbonyl (C=O) groups excluding carboxylic acids is 1. The van der Waals surface area contributed by atoms with Gasteiger partial charge >= 0.3 is 10.2 Å². The van der Waals surface area contributed by atoms with E-state index in [0.717, 1.165) is 6.08 Å². The van der Waals surface area contributed by atoms with Gasteiger partial charge in [0.1, 0.15) is 5.75 Å². The molecule has 52 valence electrons. The number of hydrogen-bond acceptors (Lipinski definition) is 4. The van der Waals surface area contributed by atoms with Crippen molar-refractivity contribution in [2.45, 2.75) is 0 Å². The van der Waals surface area contributed by atoms with Crippen molar-refractivity contribution in [2.75, 3.05) is 12.3 Å². The molecule has 0 aliphatic heterocycles. The van der Waals surface area contributed by atoms with E-state index in [1.165, 1.54) is 0 Å². The molecule has 0 rings (SSSR count). The summed E-state index contributed by atoms with van der Waals surface area (Å²) in [5.41, 5.74) is 0. The Labute approximate surface area is 51.6 Å². The van der Waals surface area contributed by atoms with Gasteiger partial charge in [-0.15, -0.1) is 3.89 Å². The van der Waals surface area contributed by atoms with E-state index >= 15 is 0 Å². The molecule has 0 spiro atoms. The molecule has 0 saturated heterocycles. The van der Waals surface area contributed by atoms with Crippen LogP contribution in [0, 0.1) is 0 Å². The van der Waals surface area contributed by atoms with Gasteiger partial charge in [0, 0.05) is 0 Å². The van der Waals surface area contributed by atoms with Crippen LogP contribution in [0.3, 0.4) is 0 Å². The fourth-order valence-corrected chi connectivity index (χ4v) is 0.510. The van der Waals surface area contributed by atoms with Crippen LogP contribution in [0.1, 0.15) is 0 Å². The maximum Gasteiger partial charge on any atom is 0.304 e. The highest BCUT2D eigenvalue weighted by atomic mass is 32.3. The van der Waals surface area contributed by atoms with Gasteiger partial charge < -0.3 is 0 Å². The van der Waals surface area contributed by atoms with Crippen molar-refractivity contribution in [3.63, 3.8) is 0 Å². The minimum atomic E-state index is -4.47. The summed E-state index contributed by atoms with van der Waals surface area (Å²) in [4.78, 5) is 12.1. The molecule has 0 saturated carbocycles. The molecule has 0 aromatic heterocycles. The van der Waals surface area contributed by atoms with Gasteiger partial charge in [0.2, 0.25) is 6.08 Å². The average molecular weight is 153 g/mol. The van der Waals surface area contributed by atoms with Crippen LogP contribution in [-0.4, -0.2) is 26.8 Å². The van der Waals surface area contributed by atoms with Gasteiger partial charge in [-0.25, -0.2) is 9.79 Å². The van der Waals surface area contributed by atoms with Crippen LogP contribution in [-0.2, 0) is 15.0 Å². The van der Waals surface area contributed by atoms with E-state index in [-0.39, 0.29) is 6.54 Å². The molecule has 0 aliphatic rings. The smallest absolute Gasteiger partial charge is 0.211 e. The van der Waals surface area contributed by atoms with Gasteiger partial charge in [-0.2, -0.15) is 8.42 Å². The number of isocyanates is 1. The van der Waals surface area contributed by atoms with Gasteiger partial charge in [-0.05, 0) is 0 Å². The van der Waals surface area contributed by atoms with Crippen LogP contribution in [0.2, 0.25) is 0 Å². The number of hydrogen-bond donors (Lipinski definition) is 0. The van der Waals surface area contributed by atoms with Crippen molar-refractivity contribution in [3.05, 3.63) is 0 Å². The van der Waals surface area contributed by atoms with Crippen molar-refractivity contribution in [1.29, 1.82) is 0 Å². The normalized spacial score (nSPS) is 10.3. The Bertz CT molecular complexity index is 215. The Morgan fingerprint density at radius 2 is 2.11 bits per heavy atom. The fourth-order valence-electron chi connectivity index (χ4n) is 0.200. The van der Waals surface area contributed by atoms with Crippen molar-refractivity contribution in [3.8, 4) is 0 Å². The number of nitrogens with zero attached hydrogens (tertiary/aromatic N) is 1. The third-order valence-corrected chi connectivity index (χ3v) is 1.18. The lowest BCUT2D eigenvalue weighted by Gasteiger charge is -1.83. The lowest BCUT2D eigenvalue weighted by Crippen LogP contribution is -2.00. The van der Waals surface area contributed by atoms with Crippen molar-refractivity contribution >= 4 is 16.3 Å². The Hall–Kier alpha value is -0.740. The van der Waals surface area contributed by atoms with E-state index in [2.05, 4.69) is 4.99 Å². The molecule has 0 bridgehead atoms. The second-order valence-corrected chi connectivity index (χ2v) is 2.70. The average Bonchev–Trinajstić information content (AvgIpc) is 1.63. The van der Waals surface area contributed by atoms with E-state index in [1.807, 2.05) is 0 Å². The third kappa shape index (κ3) is 7.26. The maximum absolute atomic E-state index is 11.5. The predicted octanol–water partition coefficient (Wildman–Crippen LogP) is -0.378. The zero-order valence-corrected chi connectivity index (χ0v) is 5.19. The van der Waals surface area contributed by atoms with Crippen molar-refractivity contribution in [2.24, 2.45) is 4.99 Å². The predicted molar refractivity (Wildman–Crippen MR) is 27.9 cm³/mol. The van der Waals surface area contributed by atoms with Crippen LogP contribution in [0.25, 0.3) is 0 Å². The third-order valence-electron chi connectivity index (χ3n) is 0.511. The first-order valence-corrected chi connectivity index (χ1v) is 3.57. The zero-order valence-electron chi connectivity index (χ0n) is 4.37. The van der Waals surface area contributed by atoms with E-state index < -0.39 is 16.0 Å². The molecular formula is C3H4FNO3S. The van der Waals surface area contributed by atoms with Gasteiger partial charge in [-0.1, -0.05) is 0 Å². The fraction of sp³-hybridized carbons (Fsp3) is 0.667. The standard InChI is InChI=1S/C3H4FNO3S/c4-9(7,8)2-1-5-3-6/h1-2H2. The molecule has 0 fully saturated rings. The molecule has 0 N–H and O–H groups in total. The maximum atomic E-state index is 11.5. The van der Waals surface area contributed by atoms with Gasteiger partial charge in [0.25, 0.3) is 0 Å². The summed E-state index contributed by atoms with van der Waals surface area (Å²) in [6, 6.07) is 0. The molecule has 0 aromatic carbocycles. The topological polar surface area (TPSA) is 63.6 Å². The second-order valence-electron chi connectivity index (χ2n) is 1.22. The van der Waals surface area contributed by atoms with Gasteiger partial charge in [-0.3, -0.25) is 0 Å². The molecule has 0 aromatic rings. The lowest BCUT2D eigenvalue weighted by atomic mass is 10.8. The van der Waals surface area contributed by atoms with Gasteiger partial charge in [0.15, 0.2) is 0 Å². The zero-order chi connectivity index (χ0) is 7.33. The van der Waals surface area contributed by atoms with Crippen LogP contribution in [0.5, 0.6) is 0 Å². The molecule has 0 heterocycles. The molecular weight excluding hydrogens is 149 g/mol. The van der Waals surface area contributed by atoms with Crippen molar-refractivity contribution < 1.29 is 17.1 Å². The summed E-state index contributed by atoms with van der Waals surface area (Å²) < 4.78 is 30.8. The molecule has 4 nitrogen and oxygen atoms in total. The second kappa shape index (κ2) is 3.32. The summed E-state index contributed by atoms with van der Waals surface area (Å²) in [7, 11) is -4.47. The van der Waals surface area contributed by atoms with E-state index in [4.69, 9.17) is 0 Å². The highest BCUT2D eigenvalue weighted by Crippen LogP contribution is 1.88. The number of aliphatic imine (C=N–C) groups is 1. The first-order valence-electron chi connectivity index (χ1n) is 2.02. The molecule has 9 heavy (non-hydrogen) atoms. The Morgan fingerprint density at radius 1 is 1.56 bits per heavy atom. The summed E-state index contributed by atoms with van der Waals surface area (Å²) in [6.07, 6.45) is 1.08. The highest BCUT2D eigenvalue weighted by Gasteiger charge is 2.03. The summed E-state index contributed by atoms with van der Waals surface area (Å²) >= 11 is 0. The molecule has 0 amide bonds. The molecule has 0 atom stereocenters.